The zero-order chi connectivity index (χ0) is 12.5. The molecular formula is C10H18N4O2S. The smallest absolute Gasteiger partial charge is 0.243 e. The van der Waals surface area contributed by atoms with E-state index in [4.69, 9.17) is 0 Å². The molecule has 0 saturated carbocycles. The Bertz CT molecular complexity index is 488. The summed E-state index contributed by atoms with van der Waals surface area (Å²) in [6.45, 7) is 3.39. The molecule has 1 saturated heterocycles. The predicted octanol–water partition coefficient (Wildman–Crippen LogP) is -0.159. The van der Waals surface area contributed by atoms with E-state index in [2.05, 4.69) is 15.1 Å². The van der Waals surface area contributed by atoms with E-state index in [0.29, 0.717) is 6.54 Å². The van der Waals surface area contributed by atoms with Gasteiger partial charge in [0.2, 0.25) is 10.0 Å². The fourth-order valence-corrected chi connectivity index (χ4v) is 3.14. The van der Waals surface area contributed by atoms with Crippen LogP contribution in [0.15, 0.2) is 17.3 Å². The average molecular weight is 258 g/mol. The summed E-state index contributed by atoms with van der Waals surface area (Å²) >= 11 is 0. The molecule has 1 aromatic rings. The Morgan fingerprint density at radius 2 is 2.41 bits per heavy atom. The normalized spacial score (nSPS) is 25.3. The first-order chi connectivity index (χ1) is 7.91. The number of aromatic nitrogens is 2. The quantitative estimate of drug-likeness (QED) is 0.787. The van der Waals surface area contributed by atoms with Crippen molar-refractivity contribution in [2.45, 2.75) is 30.2 Å². The molecule has 0 aromatic carbocycles. The molecule has 96 valence electrons. The maximum absolute atomic E-state index is 12.0. The van der Waals surface area contributed by atoms with Crippen LogP contribution in [0.1, 0.15) is 19.8 Å². The number of hydrogen-bond acceptors (Lipinski definition) is 4. The topological polar surface area (TPSA) is 76.0 Å². The van der Waals surface area contributed by atoms with Gasteiger partial charge in [0.25, 0.3) is 0 Å². The van der Waals surface area contributed by atoms with Crippen LogP contribution < -0.4 is 10.0 Å². The highest BCUT2D eigenvalue weighted by Gasteiger charge is 2.29. The summed E-state index contributed by atoms with van der Waals surface area (Å²) in [5.41, 5.74) is -0.130. The minimum Gasteiger partial charge on any atom is -0.310 e. The Morgan fingerprint density at radius 3 is 2.94 bits per heavy atom. The summed E-state index contributed by atoms with van der Waals surface area (Å²) in [5, 5.41) is 7.18. The molecule has 17 heavy (non-hydrogen) atoms. The van der Waals surface area contributed by atoms with Crippen LogP contribution in [0, 0.1) is 0 Å². The first-order valence-corrected chi connectivity index (χ1v) is 7.13. The Hall–Kier alpha value is -0.920. The Kier molecular flexibility index (Phi) is 3.24. The molecule has 7 heteroatoms. The van der Waals surface area contributed by atoms with Gasteiger partial charge in [-0.3, -0.25) is 4.68 Å². The number of nitrogens with zero attached hydrogens (tertiary/aromatic N) is 2. The molecule has 1 atom stereocenters. The van der Waals surface area contributed by atoms with Gasteiger partial charge < -0.3 is 5.32 Å². The van der Waals surface area contributed by atoms with Gasteiger partial charge in [-0.05, 0) is 26.3 Å². The fourth-order valence-electron chi connectivity index (χ4n) is 1.98. The van der Waals surface area contributed by atoms with Crippen molar-refractivity contribution in [1.82, 2.24) is 19.8 Å². The highest BCUT2D eigenvalue weighted by atomic mass is 32.2. The van der Waals surface area contributed by atoms with Gasteiger partial charge in [-0.15, -0.1) is 0 Å². The van der Waals surface area contributed by atoms with E-state index in [1.807, 2.05) is 6.92 Å². The van der Waals surface area contributed by atoms with E-state index < -0.39 is 10.0 Å². The molecule has 2 rings (SSSR count). The molecule has 1 aliphatic rings. The summed E-state index contributed by atoms with van der Waals surface area (Å²) in [7, 11) is -1.75. The summed E-state index contributed by atoms with van der Waals surface area (Å²) in [5.74, 6) is 0. The third kappa shape index (κ3) is 2.85. The van der Waals surface area contributed by atoms with Crippen LogP contribution in [0.5, 0.6) is 0 Å². The number of aryl methyl sites for hydroxylation is 1. The summed E-state index contributed by atoms with van der Waals surface area (Å²) in [4.78, 5) is 0.210. The first kappa shape index (κ1) is 12.5. The number of sulfonamides is 1. The molecule has 0 aliphatic carbocycles. The molecule has 1 aliphatic heterocycles. The molecule has 0 radical (unpaired) electrons. The van der Waals surface area contributed by atoms with Gasteiger partial charge >= 0.3 is 0 Å². The van der Waals surface area contributed by atoms with Gasteiger partial charge in [0.15, 0.2) is 0 Å². The Balaban J connectivity index is 2.03. The molecule has 2 N–H and O–H groups in total. The molecule has 1 unspecified atom stereocenters. The van der Waals surface area contributed by atoms with Gasteiger partial charge in [-0.1, -0.05) is 0 Å². The molecule has 0 spiro atoms. The molecule has 0 bridgehead atoms. The Labute approximate surface area is 101 Å². The lowest BCUT2D eigenvalue weighted by molar-refractivity contribution is 0.409. The minimum absolute atomic E-state index is 0.130. The second kappa shape index (κ2) is 4.40. The molecule has 0 amide bonds. The van der Waals surface area contributed by atoms with Crippen LogP contribution in [0.2, 0.25) is 0 Å². The van der Waals surface area contributed by atoms with Gasteiger partial charge in [0, 0.05) is 25.3 Å². The lowest BCUT2D eigenvalue weighted by Crippen LogP contribution is -2.47. The van der Waals surface area contributed by atoms with Crippen LogP contribution in [-0.4, -0.2) is 36.8 Å². The van der Waals surface area contributed by atoms with E-state index >= 15 is 0 Å². The van der Waals surface area contributed by atoms with Crippen LogP contribution in [0.25, 0.3) is 0 Å². The lowest BCUT2D eigenvalue weighted by Gasteiger charge is -2.24. The Morgan fingerprint density at radius 1 is 1.65 bits per heavy atom. The second-order valence-corrected chi connectivity index (χ2v) is 6.53. The molecule has 1 aromatic heterocycles. The second-order valence-electron chi connectivity index (χ2n) is 4.77. The lowest BCUT2D eigenvalue weighted by atomic mass is 10.0. The minimum atomic E-state index is -3.44. The third-order valence-corrected chi connectivity index (χ3v) is 4.46. The summed E-state index contributed by atoms with van der Waals surface area (Å²) in [6.07, 6.45) is 4.92. The molecular weight excluding hydrogens is 240 g/mol. The molecule has 6 nitrogen and oxygen atoms in total. The maximum Gasteiger partial charge on any atom is 0.243 e. The van der Waals surface area contributed by atoms with Gasteiger partial charge in [0.1, 0.15) is 4.90 Å². The largest absolute Gasteiger partial charge is 0.310 e. The molecule has 2 heterocycles. The van der Waals surface area contributed by atoms with Crippen molar-refractivity contribution in [3.8, 4) is 0 Å². The van der Waals surface area contributed by atoms with Crippen molar-refractivity contribution in [3.63, 3.8) is 0 Å². The van der Waals surface area contributed by atoms with Crippen molar-refractivity contribution >= 4 is 10.0 Å². The summed E-state index contributed by atoms with van der Waals surface area (Å²) in [6, 6.07) is 0. The number of hydrogen-bond donors (Lipinski definition) is 2. The van der Waals surface area contributed by atoms with Crippen LogP contribution in [0.3, 0.4) is 0 Å². The first-order valence-electron chi connectivity index (χ1n) is 5.65. The van der Waals surface area contributed by atoms with E-state index in [1.54, 1.807) is 7.05 Å². The highest BCUT2D eigenvalue weighted by molar-refractivity contribution is 7.89. The predicted molar refractivity (Wildman–Crippen MR) is 64.0 cm³/mol. The van der Waals surface area contributed by atoms with Crippen LogP contribution in [0.4, 0.5) is 0 Å². The monoisotopic (exact) mass is 258 g/mol. The number of rotatable bonds is 4. The average Bonchev–Trinajstić information content (AvgIpc) is 2.86. The van der Waals surface area contributed by atoms with E-state index in [9.17, 15) is 8.42 Å². The van der Waals surface area contributed by atoms with Crippen molar-refractivity contribution in [1.29, 1.82) is 0 Å². The fraction of sp³-hybridized carbons (Fsp3) is 0.700. The van der Waals surface area contributed by atoms with Gasteiger partial charge in [-0.2, -0.15) is 5.10 Å². The maximum atomic E-state index is 12.0. The third-order valence-electron chi connectivity index (χ3n) is 3.10. The van der Waals surface area contributed by atoms with Crippen molar-refractivity contribution in [2.75, 3.05) is 13.1 Å². The van der Waals surface area contributed by atoms with Crippen molar-refractivity contribution in [3.05, 3.63) is 12.4 Å². The standard InChI is InChI=1S/C10H18N4O2S/c1-10(4-3-5-11-10)8-13-17(15,16)9-6-12-14(2)7-9/h6-7,11,13H,3-5,8H2,1-2H3. The zero-order valence-electron chi connectivity index (χ0n) is 10.1. The molecule has 1 fully saturated rings. The van der Waals surface area contributed by atoms with E-state index in [0.717, 1.165) is 19.4 Å². The van der Waals surface area contributed by atoms with E-state index in [-0.39, 0.29) is 10.4 Å². The van der Waals surface area contributed by atoms with Crippen LogP contribution >= 0.6 is 0 Å². The SMILES string of the molecule is Cn1cc(S(=O)(=O)NCC2(C)CCCN2)cn1. The van der Waals surface area contributed by atoms with Gasteiger partial charge in [-0.25, -0.2) is 13.1 Å². The van der Waals surface area contributed by atoms with Gasteiger partial charge in [0.05, 0.1) is 6.20 Å². The highest BCUT2D eigenvalue weighted by Crippen LogP contribution is 2.18. The van der Waals surface area contributed by atoms with Crippen LogP contribution in [-0.2, 0) is 17.1 Å². The number of nitrogens with one attached hydrogen (secondary N) is 2. The zero-order valence-corrected chi connectivity index (χ0v) is 10.9. The van der Waals surface area contributed by atoms with Crippen molar-refractivity contribution < 1.29 is 8.42 Å². The van der Waals surface area contributed by atoms with E-state index in [1.165, 1.54) is 17.1 Å². The summed E-state index contributed by atoms with van der Waals surface area (Å²) < 4.78 is 28.0. The van der Waals surface area contributed by atoms with Crippen molar-refractivity contribution in [2.24, 2.45) is 7.05 Å².